The molecule has 2 amide bonds. The Morgan fingerprint density at radius 2 is 1.50 bits per heavy atom. The van der Waals surface area contributed by atoms with Crippen molar-refractivity contribution in [2.45, 2.75) is 63.5 Å². The minimum atomic E-state index is -0.854. The van der Waals surface area contributed by atoms with Crippen LogP contribution in [0.1, 0.15) is 51.4 Å². The van der Waals surface area contributed by atoms with E-state index in [4.69, 9.17) is 0 Å². The summed E-state index contributed by atoms with van der Waals surface area (Å²) in [6.45, 7) is 1.41. The molecule has 1 unspecified atom stereocenters. The molecule has 3 aliphatic rings. The Balaban J connectivity index is 1.70. The molecule has 5 heteroatoms. The van der Waals surface area contributed by atoms with Crippen molar-refractivity contribution in [3.8, 4) is 0 Å². The maximum Gasteiger partial charge on any atom is 0.326 e. The molecule has 0 spiro atoms. The van der Waals surface area contributed by atoms with Crippen molar-refractivity contribution < 1.29 is 14.7 Å². The molecule has 1 saturated carbocycles. The van der Waals surface area contributed by atoms with Crippen LogP contribution >= 0.6 is 0 Å². The van der Waals surface area contributed by atoms with Gasteiger partial charge in [-0.2, -0.15) is 0 Å². The van der Waals surface area contributed by atoms with Gasteiger partial charge in [0.1, 0.15) is 6.04 Å². The van der Waals surface area contributed by atoms with Crippen molar-refractivity contribution >= 4 is 12.0 Å². The van der Waals surface area contributed by atoms with Gasteiger partial charge in [-0.05, 0) is 44.4 Å². The molecule has 2 heterocycles. The first-order valence-electron chi connectivity index (χ1n) is 7.98. The molecule has 0 radical (unpaired) electrons. The van der Waals surface area contributed by atoms with E-state index in [0.717, 1.165) is 25.8 Å². The number of hydrogen-bond acceptors (Lipinski definition) is 2. The van der Waals surface area contributed by atoms with Crippen molar-refractivity contribution in [1.82, 2.24) is 9.80 Å². The molecular weight excluding hydrogens is 256 g/mol. The van der Waals surface area contributed by atoms with E-state index in [-0.39, 0.29) is 6.03 Å². The number of carboxylic acid groups (broad SMARTS) is 1. The number of carboxylic acids is 1. The van der Waals surface area contributed by atoms with E-state index in [9.17, 15) is 14.7 Å². The van der Waals surface area contributed by atoms with Gasteiger partial charge in [0.15, 0.2) is 0 Å². The van der Waals surface area contributed by atoms with Crippen LogP contribution in [0.25, 0.3) is 0 Å². The lowest BCUT2D eigenvalue weighted by Gasteiger charge is -2.34. The largest absolute Gasteiger partial charge is 0.480 e. The van der Waals surface area contributed by atoms with E-state index in [1.807, 2.05) is 4.90 Å². The molecule has 112 valence electrons. The van der Waals surface area contributed by atoms with E-state index in [1.54, 1.807) is 4.90 Å². The van der Waals surface area contributed by atoms with Crippen LogP contribution < -0.4 is 0 Å². The number of likely N-dealkylation sites (tertiary alicyclic amines) is 2. The summed E-state index contributed by atoms with van der Waals surface area (Å²) in [5, 5.41) is 9.24. The molecule has 3 fully saturated rings. The van der Waals surface area contributed by atoms with Crippen LogP contribution in [-0.2, 0) is 4.79 Å². The fraction of sp³-hybridized carbons (Fsp3) is 0.867. The van der Waals surface area contributed by atoms with Crippen molar-refractivity contribution in [1.29, 1.82) is 0 Å². The summed E-state index contributed by atoms with van der Waals surface area (Å²) in [7, 11) is 0. The minimum Gasteiger partial charge on any atom is -0.480 e. The summed E-state index contributed by atoms with van der Waals surface area (Å²) in [4.78, 5) is 27.6. The third-order valence-corrected chi connectivity index (χ3v) is 5.27. The standard InChI is InChI=1S/C15H24N2O3/c18-14(19)13-8-4-10-17(13)15(20)16-9-3-7-12(16)11-5-1-2-6-11/h11-13H,1-10H2,(H,18,19)/t12?,13-/m0/s1. The van der Waals surface area contributed by atoms with Crippen molar-refractivity contribution in [3.05, 3.63) is 0 Å². The SMILES string of the molecule is O=C(O)[C@@H]1CCCN1C(=O)N1CCCC1C1CCCC1. The molecule has 3 rings (SSSR count). The third kappa shape index (κ3) is 2.38. The zero-order valence-electron chi connectivity index (χ0n) is 12.0. The van der Waals surface area contributed by atoms with Gasteiger partial charge in [0.05, 0.1) is 0 Å². The molecule has 0 bridgehead atoms. The normalized spacial score (nSPS) is 31.2. The Morgan fingerprint density at radius 3 is 2.20 bits per heavy atom. The minimum absolute atomic E-state index is 0.0238. The molecule has 2 atom stereocenters. The van der Waals surface area contributed by atoms with Gasteiger partial charge in [-0.3, -0.25) is 0 Å². The number of rotatable bonds is 2. The maximum atomic E-state index is 12.7. The van der Waals surface area contributed by atoms with E-state index in [2.05, 4.69) is 0 Å². The Labute approximate surface area is 119 Å². The lowest BCUT2D eigenvalue weighted by molar-refractivity contribution is -0.141. The first-order valence-corrected chi connectivity index (χ1v) is 7.98. The number of carbonyl (C=O) groups is 2. The maximum absolute atomic E-state index is 12.7. The average Bonchev–Trinajstić information content (AvgIpc) is 3.17. The summed E-state index contributed by atoms with van der Waals surface area (Å²) >= 11 is 0. The average molecular weight is 280 g/mol. The monoisotopic (exact) mass is 280 g/mol. The van der Waals surface area contributed by atoms with Gasteiger partial charge in [-0.25, -0.2) is 9.59 Å². The number of amides is 2. The highest BCUT2D eigenvalue weighted by molar-refractivity contribution is 5.83. The van der Waals surface area contributed by atoms with Gasteiger partial charge in [0.25, 0.3) is 0 Å². The molecule has 1 aliphatic carbocycles. The number of carbonyl (C=O) groups excluding carboxylic acids is 1. The Bertz CT molecular complexity index is 393. The predicted molar refractivity (Wildman–Crippen MR) is 74.4 cm³/mol. The Morgan fingerprint density at radius 1 is 0.850 bits per heavy atom. The van der Waals surface area contributed by atoms with Crippen molar-refractivity contribution in [2.24, 2.45) is 5.92 Å². The fourth-order valence-electron chi connectivity index (χ4n) is 4.28. The Hall–Kier alpha value is -1.26. The molecule has 0 aromatic rings. The van der Waals surface area contributed by atoms with E-state index < -0.39 is 12.0 Å². The summed E-state index contributed by atoms with van der Waals surface area (Å²) in [6, 6.07) is -0.267. The van der Waals surface area contributed by atoms with Crippen LogP contribution in [0.3, 0.4) is 0 Å². The van der Waals surface area contributed by atoms with Gasteiger partial charge in [0, 0.05) is 19.1 Å². The van der Waals surface area contributed by atoms with Crippen molar-refractivity contribution in [2.75, 3.05) is 13.1 Å². The molecule has 0 aromatic heterocycles. The van der Waals surface area contributed by atoms with E-state index in [1.165, 1.54) is 25.7 Å². The number of urea groups is 1. The van der Waals surface area contributed by atoms with Gasteiger partial charge in [0.2, 0.25) is 0 Å². The lowest BCUT2D eigenvalue weighted by Crippen LogP contribution is -2.50. The summed E-state index contributed by atoms with van der Waals surface area (Å²) < 4.78 is 0. The Kier molecular flexibility index (Phi) is 3.85. The number of nitrogens with zero attached hydrogens (tertiary/aromatic N) is 2. The molecule has 1 N–H and O–H groups in total. The summed E-state index contributed by atoms with van der Waals surface area (Å²) in [5.41, 5.74) is 0. The molecule has 20 heavy (non-hydrogen) atoms. The molecule has 5 nitrogen and oxygen atoms in total. The molecular formula is C15H24N2O3. The fourth-order valence-corrected chi connectivity index (χ4v) is 4.28. The first kappa shape index (κ1) is 13.7. The first-order chi connectivity index (χ1) is 9.68. The van der Waals surface area contributed by atoms with E-state index in [0.29, 0.717) is 24.9 Å². The quantitative estimate of drug-likeness (QED) is 0.844. The van der Waals surface area contributed by atoms with Gasteiger partial charge >= 0.3 is 12.0 Å². The molecule has 2 saturated heterocycles. The van der Waals surface area contributed by atoms with Crippen LogP contribution in [0.15, 0.2) is 0 Å². The van der Waals surface area contributed by atoms with Crippen molar-refractivity contribution in [3.63, 3.8) is 0 Å². The second-order valence-corrected chi connectivity index (χ2v) is 6.42. The van der Waals surface area contributed by atoms with Gasteiger partial charge < -0.3 is 14.9 Å². The summed E-state index contributed by atoms with van der Waals surface area (Å²) in [6.07, 6.45) is 8.61. The second-order valence-electron chi connectivity index (χ2n) is 6.42. The predicted octanol–water partition coefficient (Wildman–Crippen LogP) is 2.31. The zero-order chi connectivity index (χ0) is 14.1. The summed E-state index contributed by atoms with van der Waals surface area (Å²) in [5.74, 6) is -0.209. The highest BCUT2D eigenvalue weighted by Crippen LogP contribution is 2.36. The molecule has 2 aliphatic heterocycles. The molecule has 0 aromatic carbocycles. The van der Waals surface area contributed by atoms with Gasteiger partial charge in [-0.1, -0.05) is 12.8 Å². The second kappa shape index (κ2) is 5.62. The van der Waals surface area contributed by atoms with Crippen LogP contribution in [-0.4, -0.2) is 52.1 Å². The van der Waals surface area contributed by atoms with Crippen LogP contribution in [0.5, 0.6) is 0 Å². The van der Waals surface area contributed by atoms with Crippen LogP contribution in [0.4, 0.5) is 4.79 Å². The van der Waals surface area contributed by atoms with Gasteiger partial charge in [-0.15, -0.1) is 0 Å². The van der Waals surface area contributed by atoms with Crippen LogP contribution in [0, 0.1) is 5.92 Å². The third-order valence-electron chi connectivity index (χ3n) is 5.27. The number of aliphatic carboxylic acids is 1. The van der Waals surface area contributed by atoms with Crippen LogP contribution in [0.2, 0.25) is 0 Å². The lowest BCUT2D eigenvalue weighted by atomic mass is 9.96. The highest BCUT2D eigenvalue weighted by Gasteiger charge is 2.41. The zero-order valence-corrected chi connectivity index (χ0v) is 12.0. The van der Waals surface area contributed by atoms with E-state index >= 15 is 0 Å². The smallest absolute Gasteiger partial charge is 0.326 e. The highest BCUT2D eigenvalue weighted by atomic mass is 16.4. The topological polar surface area (TPSA) is 60.9 Å². The number of hydrogen-bond donors (Lipinski definition) is 1.